The Morgan fingerprint density at radius 1 is 1.04 bits per heavy atom. The maximum atomic E-state index is 11.3. The van der Waals surface area contributed by atoms with Gasteiger partial charge in [0.05, 0.1) is 12.7 Å². The first-order chi connectivity index (χ1) is 11.6. The molecule has 0 radical (unpaired) electrons. The van der Waals surface area contributed by atoms with Crippen LogP contribution < -0.4 is 4.74 Å². The fourth-order valence-corrected chi connectivity index (χ4v) is 2.26. The largest absolute Gasteiger partial charge is 0.481 e. The van der Waals surface area contributed by atoms with Gasteiger partial charge in [-0.3, -0.25) is 0 Å². The van der Waals surface area contributed by atoms with Crippen LogP contribution in [0.1, 0.15) is 35.3 Å². The van der Waals surface area contributed by atoms with Crippen molar-refractivity contribution < 1.29 is 14.3 Å². The molecular formula is C21H22O3. The van der Waals surface area contributed by atoms with E-state index in [-0.39, 0.29) is 5.97 Å². The third-order valence-corrected chi connectivity index (χ3v) is 3.42. The van der Waals surface area contributed by atoms with Crippen LogP contribution in [0.3, 0.4) is 0 Å². The van der Waals surface area contributed by atoms with Crippen LogP contribution in [0.5, 0.6) is 5.75 Å². The number of carbonyl (C=O) groups excluding carboxylic acids is 1. The lowest BCUT2D eigenvalue weighted by molar-refractivity contribution is 0.0600. The number of hydrogen-bond acceptors (Lipinski definition) is 3. The summed E-state index contributed by atoms with van der Waals surface area (Å²) in [5.74, 6) is 7.10. The Kier molecular flexibility index (Phi) is 6.45. The molecule has 0 fully saturated rings. The average molecular weight is 322 g/mol. The van der Waals surface area contributed by atoms with Crippen LogP contribution in [0.15, 0.2) is 48.5 Å². The summed E-state index contributed by atoms with van der Waals surface area (Å²) >= 11 is 0. The zero-order valence-corrected chi connectivity index (χ0v) is 14.3. The maximum Gasteiger partial charge on any atom is 0.337 e. The molecule has 3 nitrogen and oxygen atoms in total. The van der Waals surface area contributed by atoms with Crippen molar-refractivity contribution in [1.29, 1.82) is 0 Å². The van der Waals surface area contributed by atoms with E-state index in [0.717, 1.165) is 17.7 Å². The molecular weight excluding hydrogens is 300 g/mol. The molecule has 3 heteroatoms. The van der Waals surface area contributed by atoms with Gasteiger partial charge in [0, 0.05) is 5.56 Å². The monoisotopic (exact) mass is 322 g/mol. The van der Waals surface area contributed by atoms with E-state index in [1.807, 2.05) is 12.1 Å². The van der Waals surface area contributed by atoms with E-state index in [9.17, 15) is 4.79 Å². The summed E-state index contributed by atoms with van der Waals surface area (Å²) in [5, 5.41) is 0. The van der Waals surface area contributed by atoms with Crippen LogP contribution in [0, 0.1) is 17.8 Å². The Bertz CT molecular complexity index is 716. The number of methoxy groups -OCH3 is 1. The summed E-state index contributed by atoms with van der Waals surface area (Å²) in [4.78, 5) is 11.3. The highest BCUT2D eigenvalue weighted by Crippen LogP contribution is 2.14. The van der Waals surface area contributed by atoms with E-state index < -0.39 is 0 Å². The van der Waals surface area contributed by atoms with Gasteiger partial charge >= 0.3 is 5.97 Å². The van der Waals surface area contributed by atoms with E-state index in [4.69, 9.17) is 4.74 Å². The maximum absolute atomic E-state index is 11.3. The van der Waals surface area contributed by atoms with Gasteiger partial charge in [-0.2, -0.15) is 0 Å². The van der Waals surface area contributed by atoms with Crippen molar-refractivity contribution in [2.24, 2.45) is 5.92 Å². The summed E-state index contributed by atoms with van der Waals surface area (Å²) in [5.41, 5.74) is 2.66. The summed E-state index contributed by atoms with van der Waals surface area (Å²) in [7, 11) is 1.36. The molecule has 2 rings (SSSR count). The van der Waals surface area contributed by atoms with Crippen LogP contribution in [0.2, 0.25) is 0 Å². The summed E-state index contributed by atoms with van der Waals surface area (Å²) < 4.78 is 10.3. The van der Waals surface area contributed by atoms with Crippen LogP contribution in [0.25, 0.3) is 0 Å². The average Bonchev–Trinajstić information content (AvgIpc) is 2.59. The summed E-state index contributed by atoms with van der Waals surface area (Å²) in [6.45, 7) is 4.73. The lowest BCUT2D eigenvalue weighted by Gasteiger charge is -2.06. The number of benzene rings is 2. The predicted octanol–water partition coefficient (Wildman–Crippen LogP) is 4.10. The van der Waals surface area contributed by atoms with Gasteiger partial charge in [0.15, 0.2) is 0 Å². The van der Waals surface area contributed by atoms with Gasteiger partial charge in [-0.15, -0.1) is 0 Å². The third-order valence-electron chi connectivity index (χ3n) is 3.42. The van der Waals surface area contributed by atoms with E-state index in [0.29, 0.717) is 18.1 Å². The van der Waals surface area contributed by atoms with E-state index >= 15 is 0 Å². The number of ether oxygens (including phenoxy) is 2. The first-order valence-electron chi connectivity index (χ1n) is 7.97. The quantitative estimate of drug-likeness (QED) is 0.614. The molecule has 0 bridgehead atoms. The molecule has 0 aliphatic heterocycles. The molecule has 0 aliphatic carbocycles. The normalized spacial score (nSPS) is 10.0. The Morgan fingerprint density at radius 2 is 1.71 bits per heavy atom. The van der Waals surface area contributed by atoms with Crippen LogP contribution >= 0.6 is 0 Å². The Morgan fingerprint density at radius 3 is 2.29 bits per heavy atom. The standard InChI is InChI=1S/C21H22O3/c1-16(2)15-18-8-12-20(13-9-18)24-14-4-5-17-6-10-19(11-7-17)21(22)23-3/h6-13,16H,14-15H2,1-3H3. The van der Waals surface area contributed by atoms with Crippen molar-refractivity contribution in [1.82, 2.24) is 0 Å². The predicted molar refractivity (Wildman–Crippen MR) is 95.1 cm³/mol. The van der Waals surface area contributed by atoms with Crippen molar-refractivity contribution in [2.45, 2.75) is 20.3 Å². The van der Waals surface area contributed by atoms with Crippen molar-refractivity contribution in [3.05, 3.63) is 65.2 Å². The first-order valence-corrected chi connectivity index (χ1v) is 7.97. The second-order valence-corrected chi connectivity index (χ2v) is 5.90. The Labute approximate surface area is 143 Å². The number of carbonyl (C=O) groups is 1. The molecule has 0 amide bonds. The molecule has 0 aromatic heterocycles. The second kappa shape index (κ2) is 8.79. The number of hydrogen-bond donors (Lipinski definition) is 0. The van der Waals surface area contributed by atoms with Crippen LogP contribution in [0.4, 0.5) is 0 Å². The Hall–Kier alpha value is -2.73. The van der Waals surface area contributed by atoms with Gasteiger partial charge in [-0.1, -0.05) is 37.8 Å². The Balaban J connectivity index is 1.86. The van der Waals surface area contributed by atoms with E-state index in [1.54, 1.807) is 24.3 Å². The van der Waals surface area contributed by atoms with E-state index in [2.05, 4.69) is 42.6 Å². The lowest BCUT2D eigenvalue weighted by atomic mass is 10.0. The smallest absolute Gasteiger partial charge is 0.337 e. The molecule has 0 aliphatic rings. The van der Waals surface area contributed by atoms with Gasteiger partial charge in [-0.05, 0) is 54.3 Å². The lowest BCUT2D eigenvalue weighted by Crippen LogP contribution is -2.00. The molecule has 0 unspecified atom stereocenters. The minimum Gasteiger partial charge on any atom is -0.481 e. The summed E-state index contributed by atoms with van der Waals surface area (Å²) in [6, 6.07) is 15.1. The topological polar surface area (TPSA) is 35.5 Å². The van der Waals surface area contributed by atoms with Gasteiger partial charge in [-0.25, -0.2) is 4.79 Å². The summed E-state index contributed by atoms with van der Waals surface area (Å²) in [6.07, 6.45) is 1.07. The fraction of sp³-hybridized carbons (Fsp3) is 0.286. The third kappa shape index (κ3) is 5.48. The molecule has 0 spiro atoms. The van der Waals surface area contributed by atoms with Crippen LogP contribution in [-0.4, -0.2) is 19.7 Å². The van der Waals surface area contributed by atoms with Gasteiger partial charge in [0.25, 0.3) is 0 Å². The first kappa shape index (κ1) is 17.6. The van der Waals surface area contributed by atoms with E-state index in [1.165, 1.54) is 12.7 Å². The van der Waals surface area contributed by atoms with Crippen LogP contribution in [-0.2, 0) is 11.2 Å². The highest BCUT2D eigenvalue weighted by Gasteiger charge is 2.03. The van der Waals surface area contributed by atoms with Crippen molar-refractivity contribution >= 4 is 5.97 Å². The van der Waals surface area contributed by atoms with Crippen molar-refractivity contribution in [2.75, 3.05) is 13.7 Å². The minimum absolute atomic E-state index is 0.322. The number of rotatable bonds is 5. The van der Waals surface area contributed by atoms with Gasteiger partial charge in [0.1, 0.15) is 12.4 Å². The highest BCUT2D eigenvalue weighted by atomic mass is 16.5. The molecule has 124 valence electrons. The molecule has 2 aromatic rings. The molecule has 0 saturated heterocycles. The molecule has 0 saturated carbocycles. The zero-order chi connectivity index (χ0) is 17.4. The second-order valence-electron chi connectivity index (χ2n) is 5.90. The highest BCUT2D eigenvalue weighted by molar-refractivity contribution is 5.89. The molecule has 0 heterocycles. The molecule has 2 aromatic carbocycles. The zero-order valence-electron chi connectivity index (χ0n) is 14.3. The molecule has 0 atom stereocenters. The molecule has 24 heavy (non-hydrogen) atoms. The fourth-order valence-electron chi connectivity index (χ4n) is 2.26. The number of esters is 1. The minimum atomic E-state index is -0.348. The van der Waals surface area contributed by atoms with Crippen molar-refractivity contribution in [3.8, 4) is 17.6 Å². The van der Waals surface area contributed by atoms with Crippen molar-refractivity contribution in [3.63, 3.8) is 0 Å². The molecule has 0 N–H and O–H groups in total. The SMILES string of the molecule is COC(=O)c1ccc(C#CCOc2ccc(CC(C)C)cc2)cc1. The van der Waals surface area contributed by atoms with Gasteiger partial charge in [0.2, 0.25) is 0 Å². The van der Waals surface area contributed by atoms with Gasteiger partial charge < -0.3 is 9.47 Å².